The van der Waals surface area contributed by atoms with Crippen molar-refractivity contribution in [2.75, 3.05) is 0 Å². The van der Waals surface area contributed by atoms with Crippen molar-refractivity contribution in [1.82, 2.24) is 0 Å². The number of ether oxygens (including phenoxy) is 1. The Morgan fingerprint density at radius 3 is 2.48 bits per heavy atom. The number of aliphatic hydroxyl groups excluding tert-OH is 1. The van der Waals surface area contributed by atoms with Gasteiger partial charge in [0, 0.05) is 6.07 Å². The molecule has 0 spiro atoms. The summed E-state index contributed by atoms with van der Waals surface area (Å²) in [6, 6.07) is 2.19. The number of carbonyl (C=O) groups is 1. The van der Waals surface area contributed by atoms with Gasteiger partial charge >= 0.3 is 5.97 Å². The average Bonchev–Trinajstić information content (AvgIpc) is 2.33. The highest BCUT2D eigenvalue weighted by molar-refractivity contribution is 6.32. The van der Waals surface area contributed by atoms with Gasteiger partial charge in [0.15, 0.2) is 5.82 Å². The first-order valence-electron chi connectivity index (χ1n) is 5.93. The van der Waals surface area contributed by atoms with Gasteiger partial charge in [0.2, 0.25) is 5.70 Å². The highest BCUT2D eigenvalue weighted by Crippen LogP contribution is 2.33. The Kier molecular flexibility index (Phi) is 5.66. The molecule has 0 atom stereocenters. The molecule has 0 aliphatic carbocycles. The summed E-state index contributed by atoms with van der Waals surface area (Å²) in [6.45, 7) is 4.66. The molecule has 0 aliphatic rings. The highest BCUT2D eigenvalue weighted by Gasteiger charge is 2.13. The maximum Gasteiger partial charge on any atom is 0.359 e. The molecule has 1 aromatic rings. The Balaban J connectivity index is 3.19. The van der Waals surface area contributed by atoms with Crippen LogP contribution in [0.3, 0.4) is 0 Å². The van der Waals surface area contributed by atoms with Crippen LogP contribution in [0.15, 0.2) is 33.8 Å². The molecule has 0 bridgehead atoms. The van der Waals surface area contributed by atoms with Crippen molar-refractivity contribution in [1.29, 1.82) is 0 Å². The smallest absolute Gasteiger partial charge is 0.359 e. The molecule has 0 amide bonds. The minimum absolute atomic E-state index is 0.0625. The molecule has 21 heavy (non-hydrogen) atoms. The van der Waals surface area contributed by atoms with E-state index in [1.807, 2.05) is 0 Å². The first-order valence-corrected chi connectivity index (χ1v) is 6.30. The van der Waals surface area contributed by atoms with Crippen LogP contribution in [0.2, 0.25) is 5.02 Å². The zero-order valence-corrected chi connectivity index (χ0v) is 12.3. The van der Waals surface area contributed by atoms with Gasteiger partial charge in [-0.15, -0.1) is 10.2 Å². The molecule has 6 nitrogen and oxygen atoms in total. The van der Waals surface area contributed by atoms with Gasteiger partial charge in [0.25, 0.3) is 0 Å². The topological polar surface area (TPSA) is 91.5 Å². The van der Waals surface area contributed by atoms with E-state index in [4.69, 9.17) is 26.6 Å². The Labute approximate surface area is 125 Å². The van der Waals surface area contributed by atoms with Crippen molar-refractivity contribution >= 4 is 23.3 Å². The van der Waals surface area contributed by atoms with Crippen molar-refractivity contribution in [2.45, 2.75) is 26.9 Å². The molecule has 8 heteroatoms. The standard InChI is InChI=1S/C13H14ClFN2O4/c1-6(2)21-11-5-10(9(15)4-8(11)14)16-17-12(7(3)18)13(19)20/h4-6,18H,1-3H3,(H,19,20). The number of nitrogens with zero attached hydrogens (tertiary/aromatic N) is 2. The van der Waals surface area contributed by atoms with Gasteiger partial charge in [-0.05, 0) is 26.8 Å². The van der Waals surface area contributed by atoms with Crippen molar-refractivity contribution in [3.63, 3.8) is 0 Å². The van der Waals surface area contributed by atoms with Crippen LogP contribution in [0.25, 0.3) is 0 Å². The maximum absolute atomic E-state index is 13.7. The molecule has 0 unspecified atom stereocenters. The van der Waals surface area contributed by atoms with E-state index < -0.39 is 23.2 Å². The number of carboxylic acids is 1. The first kappa shape index (κ1) is 16.9. The molecule has 0 aromatic heterocycles. The van der Waals surface area contributed by atoms with Gasteiger partial charge in [-0.25, -0.2) is 9.18 Å². The molecular formula is C13H14ClFN2O4. The van der Waals surface area contributed by atoms with Crippen LogP contribution < -0.4 is 4.74 Å². The molecule has 0 saturated carbocycles. The van der Waals surface area contributed by atoms with Gasteiger partial charge in [-0.2, -0.15) is 0 Å². The summed E-state index contributed by atoms with van der Waals surface area (Å²) in [7, 11) is 0. The van der Waals surface area contributed by atoms with Crippen molar-refractivity contribution in [2.24, 2.45) is 10.2 Å². The second kappa shape index (κ2) is 7.03. The van der Waals surface area contributed by atoms with Crippen molar-refractivity contribution in [3.05, 3.63) is 34.4 Å². The zero-order valence-electron chi connectivity index (χ0n) is 11.6. The summed E-state index contributed by atoms with van der Waals surface area (Å²) in [5.41, 5.74) is -0.939. The van der Waals surface area contributed by atoms with Crippen molar-refractivity contribution < 1.29 is 24.1 Å². The third-order valence-electron chi connectivity index (χ3n) is 2.17. The fourth-order valence-corrected chi connectivity index (χ4v) is 1.51. The molecule has 0 fully saturated rings. The highest BCUT2D eigenvalue weighted by atomic mass is 35.5. The Hall–Kier alpha value is -2.15. The molecule has 0 aliphatic heterocycles. The second-order valence-electron chi connectivity index (χ2n) is 4.34. The molecule has 0 radical (unpaired) electrons. The van der Waals surface area contributed by atoms with Gasteiger partial charge in [-0.1, -0.05) is 11.6 Å². The fraction of sp³-hybridized carbons (Fsp3) is 0.308. The second-order valence-corrected chi connectivity index (χ2v) is 4.75. The monoisotopic (exact) mass is 316 g/mol. The number of aliphatic hydroxyl groups is 1. The van der Waals surface area contributed by atoms with Gasteiger partial charge in [-0.3, -0.25) is 0 Å². The zero-order chi connectivity index (χ0) is 16.2. The number of benzene rings is 1. The number of allylic oxidation sites excluding steroid dienone is 1. The van der Waals surface area contributed by atoms with Crippen LogP contribution in [0.1, 0.15) is 20.8 Å². The van der Waals surface area contributed by atoms with E-state index in [1.165, 1.54) is 6.07 Å². The Morgan fingerprint density at radius 1 is 1.38 bits per heavy atom. The third kappa shape index (κ3) is 4.71. The quantitative estimate of drug-likeness (QED) is 0.483. The number of hydrogen-bond acceptors (Lipinski definition) is 5. The summed E-state index contributed by atoms with van der Waals surface area (Å²) in [6.07, 6.45) is -0.188. The SMILES string of the molecule is CC(O)=C(N=Nc1cc(OC(C)C)c(Cl)cc1F)C(=O)O. The number of aliphatic carboxylic acids is 1. The lowest BCUT2D eigenvalue weighted by Gasteiger charge is -2.11. The third-order valence-corrected chi connectivity index (χ3v) is 2.46. The molecule has 0 saturated heterocycles. The Bertz CT molecular complexity index is 610. The largest absolute Gasteiger partial charge is 0.510 e. The number of azo groups is 1. The lowest BCUT2D eigenvalue weighted by Crippen LogP contribution is -2.06. The molecule has 114 valence electrons. The predicted octanol–water partition coefficient (Wildman–Crippen LogP) is 4.22. The first-order chi connectivity index (χ1) is 9.72. The van der Waals surface area contributed by atoms with Gasteiger partial charge in [0.1, 0.15) is 17.2 Å². The summed E-state index contributed by atoms with van der Waals surface area (Å²) in [4.78, 5) is 10.8. The Morgan fingerprint density at radius 2 is 2.00 bits per heavy atom. The number of carboxylic acid groups (broad SMARTS) is 1. The van der Waals surface area contributed by atoms with E-state index in [1.54, 1.807) is 13.8 Å². The predicted molar refractivity (Wildman–Crippen MR) is 74.7 cm³/mol. The molecule has 1 rings (SSSR count). The van der Waals surface area contributed by atoms with Crippen LogP contribution in [0, 0.1) is 5.82 Å². The fourth-order valence-electron chi connectivity index (χ4n) is 1.31. The summed E-state index contributed by atoms with van der Waals surface area (Å²) in [5, 5.41) is 24.8. The normalized spacial score (nSPS) is 12.7. The number of hydrogen-bond donors (Lipinski definition) is 2. The van der Waals surface area contributed by atoms with Crippen molar-refractivity contribution in [3.8, 4) is 5.75 Å². The maximum atomic E-state index is 13.7. The van der Waals surface area contributed by atoms with Crippen LogP contribution >= 0.6 is 11.6 Å². The van der Waals surface area contributed by atoms with Gasteiger partial charge < -0.3 is 14.9 Å². The van der Waals surface area contributed by atoms with E-state index in [9.17, 15) is 9.18 Å². The molecule has 0 heterocycles. The van der Waals surface area contributed by atoms with E-state index in [-0.39, 0.29) is 22.6 Å². The van der Waals surface area contributed by atoms with Crippen LogP contribution in [0.4, 0.5) is 10.1 Å². The lowest BCUT2D eigenvalue weighted by molar-refractivity contribution is -0.132. The molecule has 2 N–H and O–H groups in total. The van der Waals surface area contributed by atoms with E-state index in [2.05, 4.69) is 10.2 Å². The minimum Gasteiger partial charge on any atom is -0.510 e. The average molecular weight is 317 g/mol. The van der Waals surface area contributed by atoms with Crippen LogP contribution in [0.5, 0.6) is 5.75 Å². The summed E-state index contributed by atoms with van der Waals surface area (Å²) >= 11 is 5.83. The van der Waals surface area contributed by atoms with Crippen LogP contribution in [-0.2, 0) is 4.79 Å². The van der Waals surface area contributed by atoms with E-state index in [0.29, 0.717) is 0 Å². The van der Waals surface area contributed by atoms with E-state index >= 15 is 0 Å². The molecule has 1 aromatic carbocycles. The van der Waals surface area contributed by atoms with Crippen LogP contribution in [-0.4, -0.2) is 22.3 Å². The number of halogens is 2. The van der Waals surface area contributed by atoms with Gasteiger partial charge in [0.05, 0.1) is 11.1 Å². The summed E-state index contributed by atoms with van der Waals surface area (Å²) in [5.74, 6) is -2.62. The lowest BCUT2D eigenvalue weighted by atomic mass is 10.3. The summed E-state index contributed by atoms with van der Waals surface area (Å²) < 4.78 is 19.1. The minimum atomic E-state index is -1.48. The van der Waals surface area contributed by atoms with E-state index in [0.717, 1.165) is 13.0 Å². The number of rotatable bonds is 5. The molecular weight excluding hydrogens is 303 g/mol.